The molecular weight excluding hydrogens is 543 g/mol. The van der Waals surface area contributed by atoms with Crippen molar-refractivity contribution in [1.29, 1.82) is 0 Å². The summed E-state index contributed by atoms with van der Waals surface area (Å²) in [6.07, 6.45) is 5.80. The lowest BCUT2D eigenvalue weighted by Gasteiger charge is -2.19. The van der Waals surface area contributed by atoms with Crippen LogP contribution in [0.15, 0.2) is 47.2 Å². The molecule has 0 amide bonds. The number of pyridine rings is 1. The topological polar surface area (TPSA) is 101 Å². The van der Waals surface area contributed by atoms with Gasteiger partial charge < -0.3 is 14.9 Å². The van der Waals surface area contributed by atoms with E-state index < -0.39 is 22.7 Å². The molecule has 0 N–H and O–H groups in total. The van der Waals surface area contributed by atoms with Crippen LogP contribution in [0.3, 0.4) is 0 Å². The van der Waals surface area contributed by atoms with Crippen molar-refractivity contribution in [1.82, 2.24) is 24.5 Å². The molecule has 1 aliphatic rings. The normalized spacial score (nSPS) is 14.1. The minimum absolute atomic E-state index is 0.0161. The number of ether oxygens (including phenoxy) is 1. The van der Waals surface area contributed by atoms with E-state index in [1.165, 1.54) is 37.2 Å². The first-order valence-electron chi connectivity index (χ1n) is 12.0. The Morgan fingerprint density at radius 2 is 2.03 bits per heavy atom. The summed E-state index contributed by atoms with van der Waals surface area (Å²) in [5.41, 5.74) is 4.93. The highest BCUT2D eigenvalue weighted by Gasteiger charge is 2.25. The van der Waals surface area contributed by atoms with Gasteiger partial charge >= 0.3 is 5.82 Å². The summed E-state index contributed by atoms with van der Waals surface area (Å²) in [5.74, 6) is -0.155. The highest BCUT2D eigenvalue weighted by Crippen LogP contribution is 2.34. The van der Waals surface area contributed by atoms with Crippen LogP contribution in [0.4, 0.5) is 10.2 Å². The van der Waals surface area contributed by atoms with Gasteiger partial charge in [0.05, 0.1) is 21.5 Å². The molecule has 0 saturated heterocycles. The Hall–Kier alpha value is -3.60. The number of halogens is 2. The molecule has 11 heteroatoms. The standard InChI is InChI=1S/C26H26BrFN6O3/c1-15-8-22(9-19-14-32(31-16(19)2)13-18-4-5-18)33(30-15)24-7-6-21(28)11-23(24)17(3)37-25-10-20(27)12-29-26(25)34(35)36/h6-8,10-12,14,17-18H,4-5,9,13H2,1-3H3. The van der Waals surface area contributed by atoms with Gasteiger partial charge in [0.25, 0.3) is 0 Å². The fourth-order valence-corrected chi connectivity index (χ4v) is 4.72. The van der Waals surface area contributed by atoms with Gasteiger partial charge in [0.1, 0.15) is 11.9 Å². The number of aromatic nitrogens is 5. The van der Waals surface area contributed by atoms with E-state index in [0.717, 1.165) is 35.1 Å². The maximum atomic E-state index is 14.4. The number of benzene rings is 1. The molecule has 4 aromatic rings. The van der Waals surface area contributed by atoms with Crippen molar-refractivity contribution in [2.75, 3.05) is 0 Å². The van der Waals surface area contributed by atoms with Crippen LogP contribution in [0.1, 0.15) is 54.1 Å². The van der Waals surface area contributed by atoms with Crippen LogP contribution in [-0.2, 0) is 13.0 Å². The summed E-state index contributed by atoms with van der Waals surface area (Å²) in [6, 6.07) is 7.87. The Balaban J connectivity index is 1.49. The van der Waals surface area contributed by atoms with Gasteiger partial charge in [-0.25, -0.2) is 9.07 Å². The second-order valence-electron chi connectivity index (χ2n) is 9.47. The van der Waals surface area contributed by atoms with Crippen LogP contribution in [0, 0.1) is 35.7 Å². The SMILES string of the molecule is Cc1cc(Cc2cn(CC3CC3)nc2C)n(-c2ccc(F)cc2C(C)Oc2cc(Br)cnc2[N+](=O)[O-])n1. The molecule has 0 bridgehead atoms. The first-order valence-corrected chi connectivity index (χ1v) is 12.8. The third-order valence-corrected chi connectivity index (χ3v) is 6.83. The van der Waals surface area contributed by atoms with E-state index in [9.17, 15) is 14.5 Å². The average Bonchev–Trinajstić information content (AvgIpc) is 3.48. The summed E-state index contributed by atoms with van der Waals surface area (Å²) < 4.78 is 24.7. The van der Waals surface area contributed by atoms with Crippen LogP contribution in [0.25, 0.3) is 5.69 Å². The molecule has 3 heterocycles. The van der Waals surface area contributed by atoms with Crippen molar-refractivity contribution >= 4 is 21.7 Å². The van der Waals surface area contributed by atoms with E-state index >= 15 is 0 Å². The molecular formula is C26H26BrFN6O3. The minimum Gasteiger partial charge on any atom is -0.478 e. The van der Waals surface area contributed by atoms with E-state index in [4.69, 9.17) is 9.84 Å². The number of hydrogen-bond donors (Lipinski definition) is 0. The number of aryl methyl sites for hydroxylation is 2. The van der Waals surface area contributed by atoms with Gasteiger partial charge in [-0.3, -0.25) is 4.68 Å². The highest BCUT2D eigenvalue weighted by molar-refractivity contribution is 9.10. The zero-order chi connectivity index (χ0) is 26.3. The van der Waals surface area contributed by atoms with E-state index in [-0.39, 0.29) is 5.75 Å². The lowest BCUT2D eigenvalue weighted by molar-refractivity contribution is -0.390. The van der Waals surface area contributed by atoms with E-state index in [0.29, 0.717) is 22.1 Å². The Kier molecular flexibility index (Phi) is 6.80. The summed E-state index contributed by atoms with van der Waals surface area (Å²) in [4.78, 5) is 14.7. The number of nitrogens with zero attached hydrogens (tertiary/aromatic N) is 6. The number of rotatable bonds is 9. The number of nitro groups is 1. The second kappa shape index (κ2) is 10.0. The van der Waals surface area contributed by atoms with Crippen LogP contribution < -0.4 is 4.74 Å². The van der Waals surface area contributed by atoms with E-state index in [2.05, 4.69) is 32.2 Å². The van der Waals surface area contributed by atoms with Crippen LogP contribution in [0.5, 0.6) is 5.75 Å². The Bertz CT molecular complexity index is 1480. The van der Waals surface area contributed by atoms with Gasteiger partial charge in [0.2, 0.25) is 5.75 Å². The van der Waals surface area contributed by atoms with Crippen molar-refractivity contribution in [2.24, 2.45) is 5.92 Å². The van der Waals surface area contributed by atoms with Crippen LogP contribution in [0.2, 0.25) is 0 Å². The van der Waals surface area contributed by atoms with Crippen LogP contribution in [-0.4, -0.2) is 29.5 Å². The zero-order valence-corrected chi connectivity index (χ0v) is 22.3. The Morgan fingerprint density at radius 3 is 2.76 bits per heavy atom. The van der Waals surface area contributed by atoms with Crippen molar-refractivity contribution in [3.63, 3.8) is 0 Å². The highest BCUT2D eigenvalue weighted by atomic mass is 79.9. The molecule has 3 aromatic heterocycles. The third-order valence-electron chi connectivity index (χ3n) is 6.40. The first kappa shape index (κ1) is 25.1. The van der Waals surface area contributed by atoms with Crippen molar-refractivity contribution in [2.45, 2.75) is 52.7 Å². The molecule has 9 nitrogen and oxygen atoms in total. The monoisotopic (exact) mass is 568 g/mol. The molecule has 0 spiro atoms. The summed E-state index contributed by atoms with van der Waals surface area (Å²) >= 11 is 3.28. The predicted molar refractivity (Wildman–Crippen MR) is 138 cm³/mol. The average molecular weight is 569 g/mol. The second-order valence-corrected chi connectivity index (χ2v) is 10.4. The van der Waals surface area contributed by atoms with E-state index in [1.54, 1.807) is 17.7 Å². The molecule has 1 atom stereocenters. The lowest BCUT2D eigenvalue weighted by Crippen LogP contribution is -2.12. The molecule has 1 saturated carbocycles. The largest absolute Gasteiger partial charge is 0.478 e. The van der Waals surface area contributed by atoms with Gasteiger partial charge in [0.15, 0.2) is 6.20 Å². The third kappa shape index (κ3) is 5.56. The minimum atomic E-state index is -0.735. The van der Waals surface area contributed by atoms with Gasteiger partial charge in [-0.15, -0.1) is 0 Å². The zero-order valence-electron chi connectivity index (χ0n) is 20.7. The molecule has 1 aromatic carbocycles. The Morgan fingerprint density at radius 1 is 1.24 bits per heavy atom. The van der Waals surface area contributed by atoms with Gasteiger partial charge in [0, 0.05) is 36.5 Å². The fraction of sp³-hybridized carbons (Fsp3) is 0.346. The van der Waals surface area contributed by atoms with Gasteiger partial charge in [-0.05, 0) is 95.2 Å². The summed E-state index contributed by atoms with van der Waals surface area (Å²) in [5, 5.41) is 20.9. The predicted octanol–water partition coefficient (Wildman–Crippen LogP) is 6.03. The summed E-state index contributed by atoms with van der Waals surface area (Å²) in [7, 11) is 0. The molecule has 1 aliphatic carbocycles. The van der Waals surface area contributed by atoms with Crippen molar-refractivity contribution < 1.29 is 14.1 Å². The molecule has 0 radical (unpaired) electrons. The molecule has 0 aliphatic heterocycles. The number of hydrogen-bond acceptors (Lipinski definition) is 6. The van der Waals surface area contributed by atoms with Crippen molar-refractivity contribution in [3.8, 4) is 11.4 Å². The fourth-order valence-electron chi connectivity index (χ4n) is 4.41. The first-order chi connectivity index (χ1) is 17.7. The van der Waals surface area contributed by atoms with Crippen molar-refractivity contribution in [3.05, 3.63) is 91.3 Å². The van der Waals surface area contributed by atoms with Gasteiger partial charge in [-0.2, -0.15) is 10.2 Å². The quantitative estimate of drug-likeness (QED) is 0.180. The van der Waals surface area contributed by atoms with E-state index in [1.807, 2.05) is 24.6 Å². The molecule has 192 valence electrons. The molecule has 37 heavy (non-hydrogen) atoms. The maximum Gasteiger partial charge on any atom is 0.406 e. The smallest absolute Gasteiger partial charge is 0.406 e. The molecule has 1 fully saturated rings. The lowest BCUT2D eigenvalue weighted by atomic mass is 10.1. The Labute approximate surface area is 221 Å². The summed E-state index contributed by atoms with van der Waals surface area (Å²) in [6.45, 7) is 6.56. The molecule has 5 rings (SSSR count). The maximum absolute atomic E-state index is 14.4. The molecule has 1 unspecified atom stereocenters. The van der Waals surface area contributed by atoms with Gasteiger partial charge in [-0.1, -0.05) is 0 Å². The van der Waals surface area contributed by atoms with Crippen LogP contribution >= 0.6 is 15.9 Å².